The van der Waals surface area contributed by atoms with Gasteiger partial charge >= 0.3 is 0 Å². The molecule has 20 heavy (non-hydrogen) atoms. The van der Waals surface area contributed by atoms with Crippen LogP contribution in [0.15, 0.2) is 28.9 Å². The number of benzene rings is 1. The fraction of sp³-hybridized carbons (Fsp3) is 0.333. The summed E-state index contributed by atoms with van der Waals surface area (Å²) in [6.45, 7) is 4.17. The van der Waals surface area contributed by atoms with E-state index in [0.717, 1.165) is 28.5 Å². The maximum Gasteiger partial charge on any atom is 0.153 e. The Morgan fingerprint density at radius 2 is 2.25 bits per heavy atom. The van der Waals surface area contributed by atoms with Gasteiger partial charge in [-0.15, -0.1) is 0 Å². The van der Waals surface area contributed by atoms with Gasteiger partial charge in [0.25, 0.3) is 0 Å². The molecule has 1 atom stereocenters. The Balaban J connectivity index is 2.51. The zero-order valence-corrected chi connectivity index (χ0v) is 13.3. The van der Waals surface area contributed by atoms with E-state index in [2.05, 4.69) is 34.9 Å². The molecule has 0 radical (unpaired) electrons. The lowest BCUT2D eigenvalue weighted by Gasteiger charge is -2.08. The summed E-state index contributed by atoms with van der Waals surface area (Å²) in [5, 5.41) is 4.55. The maximum atomic E-state index is 11.3. The van der Waals surface area contributed by atoms with Crippen molar-refractivity contribution in [1.29, 1.82) is 0 Å². The number of carbonyl (C=O) groups excluding carboxylic acids is 1. The zero-order valence-electron chi connectivity index (χ0n) is 11.8. The van der Waals surface area contributed by atoms with Gasteiger partial charge in [-0.05, 0) is 47.5 Å². The number of nitrogens with zero attached hydrogens (tertiary/aromatic N) is 2. The summed E-state index contributed by atoms with van der Waals surface area (Å²) in [5.74, 6) is 0.759. The van der Waals surface area contributed by atoms with Crippen molar-refractivity contribution >= 4 is 22.2 Å². The van der Waals surface area contributed by atoms with Crippen LogP contribution in [0.25, 0.3) is 11.3 Å². The first-order valence-electron chi connectivity index (χ1n) is 6.49. The average molecular weight is 337 g/mol. The molecule has 0 fully saturated rings. The fourth-order valence-electron chi connectivity index (χ4n) is 1.93. The van der Waals surface area contributed by atoms with Crippen molar-refractivity contribution in [3.63, 3.8) is 0 Å². The molecule has 0 aliphatic carbocycles. The van der Waals surface area contributed by atoms with E-state index in [1.807, 2.05) is 22.9 Å². The first kappa shape index (κ1) is 14.8. The van der Waals surface area contributed by atoms with Crippen molar-refractivity contribution in [2.24, 2.45) is 0 Å². The first-order chi connectivity index (χ1) is 9.60. The van der Waals surface area contributed by atoms with Crippen molar-refractivity contribution < 1.29 is 9.53 Å². The van der Waals surface area contributed by atoms with Gasteiger partial charge in [0.05, 0.1) is 12.7 Å². The Kier molecular flexibility index (Phi) is 4.60. The molecule has 0 bridgehead atoms. The number of aldehydes is 1. The van der Waals surface area contributed by atoms with Gasteiger partial charge in [-0.3, -0.25) is 9.48 Å². The molecular weight excluding hydrogens is 320 g/mol. The SMILES string of the molecule is CCC(C)n1cc(C=O)c(-c2ccc(OC)cc2Br)n1. The number of rotatable bonds is 5. The van der Waals surface area contributed by atoms with Crippen LogP contribution in [0.4, 0.5) is 0 Å². The highest BCUT2D eigenvalue weighted by Crippen LogP contribution is 2.32. The van der Waals surface area contributed by atoms with Crippen LogP contribution in [0.5, 0.6) is 5.75 Å². The molecule has 0 amide bonds. The second kappa shape index (κ2) is 6.22. The molecule has 2 rings (SSSR count). The number of hydrogen-bond donors (Lipinski definition) is 0. The van der Waals surface area contributed by atoms with Crippen molar-refractivity contribution in [3.8, 4) is 17.0 Å². The molecule has 0 aliphatic rings. The summed E-state index contributed by atoms with van der Waals surface area (Å²) in [6.07, 6.45) is 3.61. The van der Waals surface area contributed by atoms with Gasteiger partial charge in [0.2, 0.25) is 0 Å². The highest BCUT2D eigenvalue weighted by Gasteiger charge is 2.15. The number of ether oxygens (including phenoxy) is 1. The predicted molar refractivity (Wildman–Crippen MR) is 82.3 cm³/mol. The molecule has 1 aromatic carbocycles. The Morgan fingerprint density at radius 1 is 1.50 bits per heavy atom. The van der Waals surface area contributed by atoms with E-state index in [0.29, 0.717) is 11.3 Å². The summed E-state index contributed by atoms with van der Waals surface area (Å²) < 4.78 is 7.88. The lowest BCUT2D eigenvalue weighted by Crippen LogP contribution is -2.04. The number of aromatic nitrogens is 2. The maximum absolute atomic E-state index is 11.3. The van der Waals surface area contributed by atoms with E-state index < -0.39 is 0 Å². The highest BCUT2D eigenvalue weighted by molar-refractivity contribution is 9.10. The third-order valence-corrected chi connectivity index (χ3v) is 4.02. The molecule has 1 unspecified atom stereocenters. The first-order valence-corrected chi connectivity index (χ1v) is 7.28. The minimum absolute atomic E-state index is 0.263. The Labute approximate surface area is 126 Å². The molecule has 2 aromatic rings. The van der Waals surface area contributed by atoms with E-state index in [9.17, 15) is 4.79 Å². The molecule has 0 saturated carbocycles. The molecule has 0 saturated heterocycles. The van der Waals surface area contributed by atoms with Gasteiger partial charge in [-0.2, -0.15) is 5.10 Å². The third kappa shape index (κ3) is 2.77. The molecule has 4 nitrogen and oxygen atoms in total. The monoisotopic (exact) mass is 336 g/mol. The molecular formula is C15H17BrN2O2. The van der Waals surface area contributed by atoms with Crippen LogP contribution in [0, 0.1) is 0 Å². The van der Waals surface area contributed by atoms with Crippen molar-refractivity contribution in [1.82, 2.24) is 9.78 Å². The lowest BCUT2D eigenvalue weighted by atomic mass is 10.1. The van der Waals surface area contributed by atoms with Crippen LogP contribution < -0.4 is 4.74 Å². The molecule has 5 heteroatoms. The molecule has 0 N–H and O–H groups in total. The molecule has 0 aliphatic heterocycles. The topological polar surface area (TPSA) is 44.1 Å². The van der Waals surface area contributed by atoms with Crippen LogP contribution in [0.2, 0.25) is 0 Å². The molecule has 1 aromatic heterocycles. The van der Waals surface area contributed by atoms with Gasteiger partial charge < -0.3 is 4.74 Å². The van der Waals surface area contributed by atoms with Crippen LogP contribution in [0.1, 0.15) is 36.7 Å². The normalized spacial score (nSPS) is 12.2. The predicted octanol–water partition coefficient (Wildman–Crippen LogP) is 4.10. The Morgan fingerprint density at radius 3 is 2.80 bits per heavy atom. The van der Waals surface area contributed by atoms with Crippen LogP contribution >= 0.6 is 15.9 Å². The summed E-state index contributed by atoms with van der Waals surface area (Å²) in [4.78, 5) is 11.3. The van der Waals surface area contributed by atoms with Crippen molar-refractivity contribution in [2.75, 3.05) is 7.11 Å². The van der Waals surface area contributed by atoms with E-state index in [1.165, 1.54) is 0 Å². The van der Waals surface area contributed by atoms with Crippen LogP contribution in [-0.2, 0) is 0 Å². The minimum atomic E-state index is 0.263. The number of carbonyl (C=O) groups is 1. The van der Waals surface area contributed by atoms with Crippen molar-refractivity contribution in [3.05, 3.63) is 34.4 Å². The van der Waals surface area contributed by atoms with Crippen LogP contribution in [0.3, 0.4) is 0 Å². The van der Waals surface area contributed by atoms with Gasteiger partial charge in [0.15, 0.2) is 6.29 Å². The second-order valence-electron chi connectivity index (χ2n) is 4.63. The summed E-state index contributed by atoms with van der Waals surface area (Å²) in [6, 6.07) is 5.89. The number of methoxy groups -OCH3 is 1. The highest BCUT2D eigenvalue weighted by atomic mass is 79.9. The van der Waals surface area contributed by atoms with Gasteiger partial charge in [0, 0.05) is 22.3 Å². The third-order valence-electron chi connectivity index (χ3n) is 3.36. The fourth-order valence-corrected chi connectivity index (χ4v) is 2.47. The smallest absolute Gasteiger partial charge is 0.153 e. The quantitative estimate of drug-likeness (QED) is 0.772. The largest absolute Gasteiger partial charge is 0.497 e. The van der Waals surface area contributed by atoms with Gasteiger partial charge in [-0.25, -0.2) is 0 Å². The lowest BCUT2D eigenvalue weighted by molar-refractivity contribution is 0.112. The van der Waals surface area contributed by atoms with Crippen LogP contribution in [-0.4, -0.2) is 23.2 Å². The Bertz CT molecular complexity index is 622. The summed E-state index contributed by atoms with van der Waals surface area (Å²) >= 11 is 3.51. The number of halogens is 1. The second-order valence-corrected chi connectivity index (χ2v) is 5.49. The number of hydrogen-bond acceptors (Lipinski definition) is 3. The minimum Gasteiger partial charge on any atom is -0.497 e. The Hall–Kier alpha value is -1.62. The molecule has 1 heterocycles. The van der Waals surface area contributed by atoms with E-state index in [-0.39, 0.29) is 6.04 Å². The van der Waals surface area contributed by atoms with Gasteiger partial charge in [0.1, 0.15) is 11.4 Å². The molecule has 106 valence electrons. The average Bonchev–Trinajstić information content (AvgIpc) is 2.90. The standard InChI is InChI=1S/C15H17BrN2O2/c1-4-10(2)18-8-11(9-19)15(17-18)13-6-5-12(20-3)7-14(13)16/h5-10H,4H2,1-3H3. The zero-order chi connectivity index (χ0) is 14.7. The molecule has 0 spiro atoms. The van der Waals surface area contributed by atoms with Crippen molar-refractivity contribution in [2.45, 2.75) is 26.3 Å². The summed E-state index contributed by atoms with van der Waals surface area (Å²) in [5.41, 5.74) is 2.17. The summed E-state index contributed by atoms with van der Waals surface area (Å²) in [7, 11) is 1.62. The van der Waals surface area contributed by atoms with Gasteiger partial charge in [-0.1, -0.05) is 6.92 Å². The van der Waals surface area contributed by atoms with E-state index in [4.69, 9.17) is 4.74 Å². The van der Waals surface area contributed by atoms with E-state index in [1.54, 1.807) is 13.3 Å². The van der Waals surface area contributed by atoms with E-state index >= 15 is 0 Å².